The molecule has 0 aliphatic heterocycles. The Hall–Kier alpha value is -1.25. The Morgan fingerprint density at radius 1 is 1.33 bits per heavy atom. The van der Waals surface area contributed by atoms with E-state index in [1.54, 1.807) is 31.2 Å². The number of aryl methyl sites for hydroxylation is 1. The number of ether oxygens (including phenoxy) is 1. The first kappa shape index (κ1) is 11.8. The van der Waals surface area contributed by atoms with E-state index in [1.807, 2.05) is 6.92 Å². The molecule has 5 heteroatoms. The molecule has 0 aliphatic rings. The summed E-state index contributed by atoms with van der Waals surface area (Å²) >= 11 is 0. The Kier molecular flexibility index (Phi) is 4.40. The van der Waals surface area contributed by atoms with Gasteiger partial charge in [0.15, 0.2) is 0 Å². The molecule has 1 aromatic carbocycles. The zero-order chi connectivity index (χ0) is 11.3. The Bertz CT molecular complexity index is 358. The van der Waals surface area contributed by atoms with Crippen LogP contribution in [0.4, 0.5) is 4.79 Å². The molecule has 0 fully saturated rings. The molecule has 0 spiro atoms. The van der Waals surface area contributed by atoms with Crippen molar-refractivity contribution in [3.63, 3.8) is 0 Å². The molecule has 1 rings (SSSR count). The molecule has 0 saturated heterocycles. The van der Waals surface area contributed by atoms with Crippen LogP contribution in [0.1, 0.15) is 12.5 Å². The maximum atomic E-state index is 11.2. The van der Waals surface area contributed by atoms with Crippen LogP contribution in [-0.4, -0.2) is 12.3 Å². The summed E-state index contributed by atoms with van der Waals surface area (Å²) in [6, 6.07) is 6.89. The fraction of sp³-hybridized carbons (Fsp3) is 0.300. The molecule has 0 radical (unpaired) electrons. The lowest BCUT2D eigenvalue weighted by Gasteiger charge is -1.97. The van der Waals surface area contributed by atoms with Crippen LogP contribution in [-0.2, 0) is 9.09 Å². The predicted molar refractivity (Wildman–Crippen MR) is 56.4 cm³/mol. The van der Waals surface area contributed by atoms with Gasteiger partial charge in [0, 0.05) is 0 Å². The summed E-state index contributed by atoms with van der Waals surface area (Å²) in [5, 5.41) is 0. The van der Waals surface area contributed by atoms with Gasteiger partial charge in [-0.05, 0) is 30.5 Å². The van der Waals surface area contributed by atoms with Crippen molar-refractivity contribution in [2.75, 3.05) is 6.61 Å². The second-order valence-corrected chi connectivity index (χ2v) is 3.99. The normalized spacial score (nSPS) is 10.9. The summed E-state index contributed by atoms with van der Waals surface area (Å²) in [6.07, 6.45) is 0. The fourth-order valence-electron chi connectivity index (χ4n) is 0.914. The highest BCUT2D eigenvalue weighted by molar-refractivity contribution is 7.58. The molecule has 0 N–H and O–H groups in total. The third kappa shape index (κ3) is 3.78. The monoisotopic (exact) mass is 227 g/mol. The highest BCUT2D eigenvalue weighted by Gasteiger charge is 2.33. The van der Waals surface area contributed by atoms with Crippen LogP contribution in [0, 0.1) is 6.92 Å². The first-order valence-electron chi connectivity index (χ1n) is 4.52. The van der Waals surface area contributed by atoms with E-state index in [0.29, 0.717) is 5.75 Å². The van der Waals surface area contributed by atoms with Crippen molar-refractivity contribution in [2.45, 2.75) is 13.8 Å². The Labute approximate surface area is 89.1 Å². The van der Waals surface area contributed by atoms with E-state index in [-0.39, 0.29) is 6.61 Å². The molecular weight excluding hydrogens is 215 g/mol. The van der Waals surface area contributed by atoms with Gasteiger partial charge in [-0.25, -0.2) is 0 Å². The highest BCUT2D eigenvalue weighted by atomic mass is 31.1. The minimum absolute atomic E-state index is 0.220. The highest BCUT2D eigenvalue weighted by Crippen LogP contribution is 2.26. The van der Waals surface area contributed by atoms with Crippen molar-refractivity contribution in [1.29, 1.82) is 0 Å². The van der Waals surface area contributed by atoms with Gasteiger partial charge >= 0.3 is 13.7 Å². The van der Waals surface area contributed by atoms with Gasteiger partial charge in [-0.3, -0.25) is 0 Å². The standard InChI is InChI=1S/C10H12O4P/c1-3-13-15(12)10(11)14-9-6-4-8(2)5-7-9/h4-7H,3H2,1-2H3/q+1. The SMILES string of the molecule is CCO[P+](=O)C(=O)Oc1ccc(C)cc1. The molecule has 15 heavy (non-hydrogen) atoms. The van der Waals surface area contributed by atoms with Gasteiger partial charge in [0.1, 0.15) is 12.4 Å². The summed E-state index contributed by atoms with van der Waals surface area (Å²) in [5.74, 6) is 0.369. The molecule has 0 bridgehead atoms. The number of hydrogen-bond acceptors (Lipinski definition) is 4. The maximum Gasteiger partial charge on any atom is 0.636 e. The van der Waals surface area contributed by atoms with Crippen LogP contribution in [0.15, 0.2) is 24.3 Å². The molecule has 1 unspecified atom stereocenters. The van der Waals surface area contributed by atoms with Crippen molar-refractivity contribution in [3.8, 4) is 5.75 Å². The van der Waals surface area contributed by atoms with E-state index in [9.17, 15) is 9.36 Å². The van der Waals surface area contributed by atoms with E-state index in [4.69, 9.17) is 4.74 Å². The third-order valence-corrected chi connectivity index (χ3v) is 2.50. The van der Waals surface area contributed by atoms with Crippen LogP contribution in [0.3, 0.4) is 0 Å². The lowest BCUT2D eigenvalue weighted by molar-refractivity contribution is 0.218. The largest absolute Gasteiger partial charge is 0.636 e. The first-order chi connectivity index (χ1) is 7.13. The van der Waals surface area contributed by atoms with Gasteiger partial charge in [-0.1, -0.05) is 17.7 Å². The van der Waals surface area contributed by atoms with Gasteiger partial charge in [-0.2, -0.15) is 4.79 Å². The van der Waals surface area contributed by atoms with Crippen molar-refractivity contribution in [3.05, 3.63) is 29.8 Å². The molecule has 0 heterocycles. The van der Waals surface area contributed by atoms with Crippen molar-refractivity contribution in [1.82, 2.24) is 0 Å². The number of carbonyl (C=O) groups excluding carboxylic acids is 1. The molecular formula is C10H12O4P+. The van der Waals surface area contributed by atoms with Gasteiger partial charge in [0.2, 0.25) is 0 Å². The Balaban J connectivity index is 2.58. The smallest absolute Gasteiger partial charge is 0.386 e. The average Bonchev–Trinajstić information content (AvgIpc) is 2.22. The van der Waals surface area contributed by atoms with Crippen molar-refractivity contribution in [2.24, 2.45) is 0 Å². The van der Waals surface area contributed by atoms with E-state index in [2.05, 4.69) is 4.52 Å². The number of rotatable bonds is 4. The zero-order valence-corrected chi connectivity index (χ0v) is 9.49. The lowest BCUT2D eigenvalue weighted by Crippen LogP contribution is -2.01. The topological polar surface area (TPSA) is 52.6 Å². The molecule has 0 aliphatic carbocycles. The Morgan fingerprint density at radius 3 is 2.47 bits per heavy atom. The minimum Gasteiger partial charge on any atom is -0.386 e. The molecule has 4 nitrogen and oxygen atoms in total. The summed E-state index contributed by atoms with van der Waals surface area (Å²) in [7, 11) is -2.38. The van der Waals surface area contributed by atoms with E-state index in [1.165, 1.54) is 0 Å². The lowest BCUT2D eigenvalue weighted by atomic mass is 10.2. The van der Waals surface area contributed by atoms with Crippen LogP contribution in [0.2, 0.25) is 0 Å². The molecule has 0 saturated carbocycles. The van der Waals surface area contributed by atoms with E-state index >= 15 is 0 Å². The summed E-state index contributed by atoms with van der Waals surface area (Å²) in [6.45, 7) is 3.80. The number of hydrogen-bond donors (Lipinski definition) is 0. The number of carbonyl (C=O) groups is 1. The van der Waals surface area contributed by atoms with Crippen molar-refractivity contribution < 1.29 is 18.6 Å². The molecule has 0 aromatic heterocycles. The zero-order valence-electron chi connectivity index (χ0n) is 8.60. The molecule has 0 amide bonds. The van der Waals surface area contributed by atoms with Crippen molar-refractivity contribution >= 4 is 13.7 Å². The predicted octanol–water partition coefficient (Wildman–Crippen LogP) is 3.27. The number of benzene rings is 1. The molecule has 1 atom stereocenters. The Morgan fingerprint density at radius 2 is 1.93 bits per heavy atom. The molecule has 1 aromatic rings. The summed E-state index contributed by atoms with van der Waals surface area (Å²) in [5.41, 5.74) is 0.208. The van der Waals surface area contributed by atoms with Gasteiger partial charge in [0.05, 0.1) is 0 Å². The van der Waals surface area contributed by atoms with Crippen LogP contribution in [0.25, 0.3) is 0 Å². The second-order valence-electron chi connectivity index (χ2n) is 2.86. The van der Waals surface area contributed by atoms with E-state index < -0.39 is 13.7 Å². The van der Waals surface area contributed by atoms with Gasteiger partial charge < -0.3 is 4.74 Å². The minimum atomic E-state index is -2.38. The average molecular weight is 227 g/mol. The maximum absolute atomic E-state index is 11.2. The molecule has 80 valence electrons. The van der Waals surface area contributed by atoms with E-state index in [0.717, 1.165) is 5.56 Å². The van der Waals surface area contributed by atoms with Gasteiger partial charge in [0.25, 0.3) is 0 Å². The second kappa shape index (κ2) is 5.59. The van der Waals surface area contributed by atoms with Crippen LogP contribution < -0.4 is 4.74 Å². The van der Waals surface area contributed by atoms with Crippen LogP contribution in [0.5, 0.6) is 5.75 Å². The first-order valence-corrected chi connectivity index (χ1v) is 5.70. The quantitative estimate of drug-likeness (QED) is 0.740. The summed E-state index contributed by atoms with van der Waals surface area (Å²) < 4.78 is 20.5. The third-order valence-electron chi connectivity index (χ3n) is 1.62. The summed E-state index contributed by atoms with van der Waals surface area (Å²) in [4.78, 5) is 11.2. The van der Waals surface area contributed by atoms with Gasteiger partial charge in [-0.15, -0.1) is 4.52 Å². The van der Waals surface area contributed by atoms with Crippen LogP contribution >= 0.6 is 8.03 Å². The fourth-order valence-corrected chi connectivity index (χ4v) is 1.43.